The first-order valence-electron chi connectivity index (χ1n) is 14.4. The van der Waals surface area contributed by atoms with Crippen LogP contribution in [0.15, 0.2) is 30.3 Å². The molecule has 2 bridgehead atoms. The molecule has 11 heteroatoms. The molecule has 4 aromatic rings. The van der Waals surface area contributed by atoms with Crippen LogP contribution in [-0.4, -0.2) is 75.0 Å². The average Bonchev–Trinajstić information content (AvgIpc) is 3.50. The first-order chi connectivity index (χ1) is 19.9. The van der Waals surface area contributed by atoms with Crippen LogP contribution in [0.1, 0.15) is 54.6 Å². The van der Waals surface area contributed by atoms with E-state index in [9.17, 15) is 9.59 Å². The number of amides is 2. The quantitative estimate of drug-likeness (QED) is 0.394. The fourth-order valence-electron chi connectivity index (χ4n) is 5.95. The van der Waals surface area contributed by atoms with Gasteiger partial charge in [-0.15, -0.1) is 0 Å². The van der Waals surface area contributed by atoms with Gasteiger partial charge >= 0.3 is 0 Å². The van der Waals surface area contributed by atoms with E-state index in [1.54, 1.807) is 19.2 Å². The predicted molar refractivity (Wildman–Crippen MR) is 155 cm³/mol. The molecule has 0 unspecified atom stereocenters. The van der Waals surface area contributed by atoms with E-state index in [2.05, 4.69) is 16.0 Å². The second-order valence-electron chi connectivity index (χ2n) is 11.0. The van der Waals surface area contributed by atoms with Gasteiger partial charge in [-0.2, -0.15) is 4.98 Å². The molecule has 2 amide bonds. The maximum atomic E-state index is 13.4. The third-order valence-corrected chi connectivity index (χ3v) is 8.06. The predicted octanol–water partition coefficient (Wildman–Crippen LogP) is 3.30. The Balaban J connectivity index is 1.43. The van der Waals surface area contributed by atoms with Crippen molar-refractivity contribution in [2.75, 3.05) is 33.4 Å². The molecule has 1 fully saturated rings. The molecule has 1 saturated heterocycles. The number of fused-ring (bicyclic) bond motifs is 2. The van der Waals surface area contributed by atoms with Gasteiger partial charge in [-0.3, -0.25) is 14.0 Å². The second-order valence-corrected chi connectivity index (χ2v) is 11.0. The van der Waals surface area contributed by atoms with Crippen molar-refractivity contribution < 1.29 is 19.1 Å². The zero-order valence-corrected chi connectivity index (χ0v) is 23.7. The Morgan fingerprint density at radius 2 is 1.95 bits per heavy atom. The van der Waals surface area contributed by atoms with Gasteiger partial charge in [0.2, 0.25) is 5.88 Å². The van der Waals surface area contributed by atoms with E-state index in [1.165, 1.54) is 0 Å². The van der Waals surface area contributed by atoms with E-state index in [1.807, 2.05) is 28.4 Å². The summed E-state index contributed by atoms with van der Waals surface area (Å²) >= 11 is 0. The number of imidazole rings is 1. The number of likely N-dealkylation sites (tertiary alicyclic amines) is 1. The van der Waals surface area contributed by atoms with Crippen molar-refractivity contribution in [3.05, 3.63) is 41.6 Å². The fourth-order valence-corrected chi connectivity index (χ4v) is 5.95. The Morgan fingerprint density at radius 3 is 2.78 bits per heavy atom. The first kappa shape index (κ1) is 27.1. The van der Waals surface area contributed by atoms with Crippen LogP contribution >= 0.6 is 0 Å². The van der Waals surface area contributed by atoms with E-state index in [-0.39, 0.29) is 24.5 Å². The molecule has 1 atom stereocenters. The lowest BCUT2D eigenvalue weighted by Gasteiger charge is -2.30. The summed E-state index contributed by atoms with van der Waals surface area (Å²) in [5, 5.41) is 3.87. The minimum atomic E-state index is -0.143. The van der Waals surface area contributed by atoms with Gasteiger partial charge in [0.15, 0.2) is 12.5 Å². The van der Waals surface area contributed by atoms with Crippen LogP contribution in [0.25, 0.3) is 28.1 Å². The molecular weight excluding hydrogens is 522 g/mol. The standard InChI is InChI=1S/C30H37N7O4/c1-19-28(33-24-15-21(16-27(40-2)37(19)24)30(39)35-12-7-8-22(31)17-35)23-14-20-9-10-26-34-29(20)36(23)13-6-4-3-5-11-32-25(38)18-41-26/h9-10,14-16,22H,3-8,11-13,17-18,31H2,1-2H3,(H,32,38)/t22-/m1/s1. The lowest BCUT2D eigenvalue weighted by molar-refractivity contribution is -0.123. The molecule has 0 saturated carbocycles. The van der Waals surface area contributed by atoms with Crippen LogP contribution in [0.2, 0.25) is 0 Å². The molecule has 2 aliphatic rings. The van der Waals surface area contributed by atoms with E-state index in [4.69, 9.17) is 25.2 Å². The number of carbonyl (C=O) groups excluding carboxylic acids is 2. The number of ether oxygens (including phenoxy) is 2. The maximum Gasteiger partial charge on any atom is 0.258 e. The SMILES string of the molecule is COc1cc(C(=O)N2CCC[C@@H](N)C2)cc2nc(-c3cc4ccc5nc4n3CCCCCCNC(=O)CO5)c(C)n12. The molecular formula is C30H37N7O4. The van der Waals surface area contributed by atoms with Gasteiger partial charge in [-0.05, 0) is 50.8 Å². The van der Waals surface area contributed by atoms with E-state index in [0.29, 0.717) is 42.6 Å². The summed E-state index contributed by atoms with van der Waals surface area (Å²) in [7, 11) is 1.61. The molecule has 41 heavy (non-hydrogen) atoms. The highest BCUT2D eigenvalue weighted by molar-refractivity contribution is 5.96. The zero-order valence-electron chi connectivity index (χ0n) is 23.7. The molecule has 0 aromatic carbocycles. The number of nitrogens with zero attached hydrogens (tertiary/aromatic N) is 5. The highest BCUT2D eigenvalue weighted by atomic mass is 16.5. The van der Waals surface area contributed by atoms with Gasteiger partial charge in [-0.25, -0.2) is 4.98 Å². The van der Waals surface area contributed by atoms with Crippen LogP contribution in [0.3, 0.4) is 0 Å². The molecule has 2 aliphatic heterocycles. The molecule has 11 nitrogen and oxygen atoms in total. The summed E-state index contributed by atoms with van der Waals surface area (Å²) in [5.41, 5.74) is 10.8. The monoisotopic (exact) mass is 559 g/mol. The highest BCUT2D eigenvalue weighted by Crippen LogP contribution is 2.33. The molecule has 216 valence electrons. The van der Waals surface area contributed by atoms with Crippen LogP contribution in [0.4, 0.5) is 0 Å². The normalized spacial score (nSPS) is 18.8. The van der Waals surface area contributed by atoms with Crippen LogP contribution in [0.5, 0.6) is 11.8 Å². The van der Waals surface area contributed by atoms with E-state index in [0.717, 1.165) is 73.2 Å². The Kier molecular flexibility index (Phi) is 7.53. The number of rotatable bonds is 3. The average molecular weight is 560 g/mol. The van der Waals surface area contributed by atoms with Crippen molar-refractivity contribution in [1.82, 2.24) is 29.2 Å². The topological polar surface area (TPSA) is 129 Å². The van der Waals surface area contributed by atoms with Gasteiger partial charge in [-0.1, -0.05) is 12.8 Å². The van der Waals surface area contributed by atoms with Crippen molar-refractivity contribution in [3.63, 3.8) is 0 Å². The molecule has 0 spiro atoms. The third-order valence-electron chi connectivity index (χ3n) is 8.06. The number of hydrogen-bond donors (Lipinski definition) is 2. The summed E-state index contributed by atoms with van der Waals surface area (Å²) in [6.07, 6.45) is 5.79. The summed E-state index contributed by atoms with van der Waals surface area (Å²) in [6.45, 7) is 4.60. The van der Waals surface area contributed by atoms with Gasteiger partial charge in [0, 0.05) is 55.3 Å². The van der Waals surface area contributed by atoms with Gasteiger partial charge in [0.1, 0.15) is 17.0 Å². The summed E-state index contributed by atoms with van der Waals surface area (Å²) < 4.78 is 15.6. The Labute approximate surface area is 238 Å². The second kappa shape index (κ2) is 11.4. The number of methoxy groups -OCH3 is 1. The van der Waals surface area contributed by atoms with Gasteiger partial charge < -0.3 is 30.0 Å². The number of hydrogen-bond acceptors (Lipinski definition) is 7. The molecule has 3 N–H and O–H groups in total. The number of aryl methyl sites for hydroxylation is 2. The van der Waals surface area contributed by atoms with Crippen LogP contribution in [-0.2, 0) is 11.3 Å². The van der Waals surface area contributed by atoms with Crippen molar-refractivity contribution in [3.8, 4) is 23.1 Å². The summed E-state index contributed by atoms with van der Waals surface area (Å²) in [6, 6.07) is 9.48. The largest absolute Gasteiger partial charge is 0.482 e. The Bertz CT molecular complexity index is 1610. The minimum absolute atomic E-state index is 0.0000302. The third kappa shape index (κ3) is 5.33. The van der Waals surface area contributed by atoms with Crippen molar-refractivity contribution in [2.45, 2.75) is 58.0 Å². The first-order valence-corrected chi connectivity index (χ1v) is 14.4. The highest BCUT2D eigenvalue weighted by Gasteiger charge is 2.26. The molecule has 4 aromatic heterocycles. The fraction of sp³-hybridized carbons (Fsp3) is 0.467. The van der Waals surface area contributed by atoms with Crippen LogP contribution < -0.4 is 20.5 Å². The van der Waals surface area contributed by atoms with E-state index < -0.39 is 0 Å². The molecule has 0 radical (unpaired) electrons. The zero-order chi connectivity index (χ0) is 28.5. The molecule has 6 rings (SSSR count). The van der Waals surface area contributed by atoms with Crippen LogP contribution in [0, 0.1) is 6.92 Å². The summed E-state index contributed by atoms with van der Waals surface area (Å²) in [4.78, 5) is 37.2. The smallest absolute Gasteiger partial charge is 0.258 e. The molecule has 0 aliphatic carbocycles. The van der Waals surface area contributed by atoms with Crippen molar-refractivity contribution >= 4 is 28.5 Å². The Morgan fingerprint density at radius 1 is 1.10 bits per heavy atom. The maximum absolute atomic E-state index is 13.4. The molecule has 6 heterocycles. The lowest BCUT2D eigenvalue weighted by Crippen LogP contribution is -2.45. The van der Waals surface area contributed by atoms with Gasteiger partial charge in [0.05, 0.1) is 18.5 Å². The lowest BCUT2D eigenvalue weighted by atomic mass is 10.1. The number of nitrogens with two attached hydrogens (primary N) is 1. The van der Waals surface area contributed by atoms with Crippen molar-refractivity contribution in [2.24, 2.45) is 5.73 Å². The van der Waals surface area contributed by atoms with Gasteiger partial charge in [0.25, 0.3) is 11.8 Å². The van der Waals surface area contributed by atoms with Crippen molar-refractivity contribution in [1.29, 1.82) is 0 Å². The number of aromatic nitrogens is 4. The minimum Gasteiger partial charge on any atom is -0.482 e. The Hall–Kier alpha value is -4.12. The number of pyridine rings is 2. The van der Waals surface area contributed by atoms with E-state index >= 15 is 0 Å². The number of carbonyl (C=O) groups is 2. The number of piperidine rings is 1. The summed E-state index contributed by atoms with van der Waals surface area (Å²) in [5.74, 6) is 0.753. The number of nitrogens with one attached hydrogen (secondary N) is 1.